The van der Waals surface area contributed by atoms with Crippen molar-refractivity contribution in [3.8, 4) is 11.5 Å². The first-order valence-corrected chi connectivity index (χ1v) is 6.39. The zero-order valence-corrected chi connectivity index (χ0v) is 11.8. The number of aromatic nitrogens is 1. The average molecular weight is 297 g/mol. The zero-order chi connectivity index (χ0) is 15.8. The Bertz CT molecular complexity index is 655. The van der Waals surface area contributed by atoms with Crippen molar-refractivity contribution in [3.63, 3.8) is 0 Å². The smallest absolute Gasteiger partial charge is 0.416 e. The van der Waals surface area contributed by atoms with Gasteiger partial charge in [-0.05, 0) is 30.2 Å². The predicted octanol–water partition coefficient (Wildman–Crippen LogP) is 4.69. The van der Waals surface area contributed by atoms with Crippen LogP contribution < -0.4 is 0 Å². The molecule has 1 aromatic carbocycles. The van der Waals surface area contributed by atoms with Gasteiger partial charge in [-0.2, -0.15) is 13.2 Å². The van der Waals surface area contributed by atoms with Gasteiger partial charge in [-0.1, -0.05) is 13.8 Å². The number of benzene rings is 1. The number of hydrogen-bond acceptors (Lipinski definition) is 3. The van der Waals surface area contributed by atoms with E-state index in [1.807, 2.05) is 13.8 Å². The Kier molecular flexibility index (Phi) is 3.89. The first kappa shape index (κ1) is 15.3. The molecule has 0 aliphatic heterocycles. The highest BCUT2D eigenvalue weighted by Gasteiger charge is 2.30. The largest absolute Gasteiger partial charge is 0.433 e. The lowest BCUT2D eigenvalue weighted by molar-refractivity contribution is -0.137. The lowest BCUT2D eigenvalue weighted by Gasteiger charge is -2.06. The molecular formula is C15H14F3NO2. The topological polar surface area (TPSA) is 43.1 Å². The van der Waals surface area contributed by atoms with Crippen molar-refractivity contribution >= 4 is 5.78 Å². The van der Waals surface area contributed by atoms with Gasteiger partial charge in [0.25, 0.3) is 0 Å². The van der Waals surface area contributed by atoms with Crippen LogP contribution in [0, 0.1) is 0 Å². The molecule has 0 fully saturated rings. The maximum atomic E-state index is 12.5. The molecule has 0 unspecified atom stereocenters. The van der Waals surface area contributed by atoms with Gasteiger partial charge < -0.3 is 4.42 Å². The summed E-state index contributed by atoms with van der Waals surface area (Å²) in [6, 6.07) is 4.48. The third-order valence-electron chi connectivity index (χ3n) is 2.98. The number of nitrogens with zero attached hydrogens (tertiary/aromatic N) is 1. The molecule has 1 aromatic heterocycles. The molecule has 0 N–H and O–H groups in total. The standard InChI is InChI=1S/C15H14F3NO2/c1-8(2)12-13(9(3)20)21-14(19-12)10-4-6-11(7-5-10)15(16,17)18/h4-8H,1-3H3. The highest BCUT2D eigenvalue weighted by Crippen LogP contribution is 2.32. The first-order chi connectivity index (χ1) is 9.70. The van der Waals surface area contributed by atoms with Crippen molar-refractivity contribution in [2.45, 2.75) is 32.9 Å². The number of rotatable bonds is 3. The second-order valence-corrected chi connectivity index (χ2v) is 5.02. The van der Waals surface area contributed by atoms with E-state index in [0.717, 1.165) is 12.1 Å². The van der Waals surface area contributed by atoms with Crippen LogP contribution in [0.5, 0.6) is 0 Å². The fraction of sp³-hybridized carbons (Fsp3) is 0.333. The Hall–Kier alpha value is -2.11. The summed E-state index contributed by atoms with van der Waals surface area (Å²) in [7, 11) is 0. The lowest BCUT2D eigenvalue weighted by atomic mass is 10.1. The van der Waals surface area contributed by atoms with Crippen molar-refractivity contribution in [2.24, 2.45) is 0 Å². The molecule has 0 radical (unpaired) electrons. The van der Waals surface area contributed by atoms with Crippen LogP contribution in [0.25, 0.3) is 11.5 Å². The average Bonchev–Trinajstić information content (AvgIpc) is 2.83. The summed E-state index contributed by atoms with van der Waals surface area (Å²) in [5.41, 5.74) is 0.170. The number of oxazole rings is 1. The van der Waals surface area contributed by atoms with Crippen LogP contribution in [0.2, 0.25) is 0 Å². The van der Waals surface area contributed by atoms with Crippen LogP contribution in [-0.4, -0.2) is 10.8 Å². The van der Waals surface area contributed by atoms with E-state index in [1.165, 1.54) is 19.1 Å². The van der Waals surface area contributed by atoms with E-state index < -0.39 is 11.7 Å². The third kappa shape index (κ3) is 3.15. The second kappa shape index (κ2) is 5.35. The Morgan fingerprint density at radius 2 is 1.76 bits per heavy atom. The van der Waals surface area contributed by atoms with Gasteiger partial charge in [0.15, 0.2) is 11.5 Å². The third-order valence-corrected chi connectivity index (χ3v) is 2.98. The van der Waals surface area contributed by atoms with Gasteiger partial charge in [0.1, 0.15) is 0 Å². The highest BCUT2D eigenvalue weighted by molar-refractivity contribution is 5.92. The lowest BCUT2D eigenvalue weighted by Crippen LogP contribution is -2.03. The summed E-state index contributed by atoms with van der Waals surface area (Å²) < 4.78 is 43.0. The zero-order valence-electron chi connectivity index (χ0n) is 11.8. The molecule has 2 aromatic rings. The summed E-state index contributed by atoms with van der Waals surface area (Å²) in [6.45, 7) is 5.09. The molecule has 6 heteroatoms. The van der Waals surface area contributed by atoms with Crippen molar-refractivity contribution in [2.75, 3.05) is 0 Å². The molecule has 0 atom stereocenters. The number of Topliss-reactive ketones (excluding diaryl/α,β-unsaturated/α-hetero) is 1. The SMILES string of the molecule is CC(=O)c1oc(-c2ccc(C(F)(F)F)cc2)nc1C(C)C. The van der Waals surface area contributed by atoms with Crippen LogP contribution >= 0.6 is 0 Å². The van der Waals surface area contributed by atoms with Gasteiger partial charge in [0.05, 0.1) is 11.3 Å². The number of halogens is 3. The fourth-order valence-electron chi connectivity index (χ4n) is 1.90. The van der Waals surface area contributed by atoms with Gasteiger partial charge in [-0.15, -0.1) is 0 Å². The number of ketones is 1. The van der Waals surface area contributed by atoms with Crippen LogP contribution in [0.4, 0.5) is 13.2 Å². The van der Waals surface area contributed by atoms with E-state index >= 15 is 0 Å². The maximum Gasteiger partial charge on any atom is 0.416 e. The Labute approximate surface area is 119 Å². The van der Waals surface area contributed by atoms with E-state index in [9.17, 15) is 18.0 Å². The molecule has 0 saturated heterocycles. The minimum atomic E-state index is -4.39. The van der Waals surface area contributed by atoms with E-state index in [4.69, 9.17) is 4.42 Å². The minimum absolute atomic E-state index is 0.0177. The van der Waals surface area contributed by atoms with Gasteiger partial charge in [-0.25, -0.2) is 4.98 Å². The number of carbonyl (C=O) groups excluding carboxylic acids is 1. The van der Waals surface area contributed by atoms with Gasteiger partial charge in [0.2, 0.25) is 5.89 Å². The van der Waals surface area contributed by atoms with E-state index in [-0.39, 0.29) is 23.4 Å². The number of carbonyl (C=O) groups is 1. The molecule has 0 aliphatic carbocycles. The Morgan fingerprint density at radius 1 is 1.19 bits per heavy atom. The molecule has 0 saturated carbocycles. The quantitative estimate of drug-likeness (QED) is 0.772. The minimum Gasteiger partial charge on any atom is -0.433 e. The van der Waals surface area contributed by atoms with Crippen LogP contribution in [0.1, 0.15) is 48.5 Å². The maximum absolute atomic E-state index is 12.5. The summed E-state index contributed by atoms with van der Waals surface area (Å²) in [4.78, 5) is 15.7. The van der Waals surface area contributed by atoms with Gasteiger partial charge in [0, 0.05) is 12.5 Å². The molecule has 112 valence electrons. The predicted molar refractivity (Wildman–Crippen MR) is 71.0 cm³/mol. The Balaban J connectivity index is 2.43. The number of alkyl halides is 3. The monoisotopic (exact) mass is 297 g/mol. The normalized spacial score (nSPS) is 12.0. The van der Waals surface area contributed by atoms with Gasteiger partial charge in [-0.3, -0.25) is 4.79 Å². The molecule has 0 aliphatic rings. The fourth-order valence-corrected chi connectivity index (χ4v) is 1.90. The van der Waals surface area contributed by atoms with Crippen molar-refractivity contribution < 1.29 is 22.4 Å². The van der Waals surface area contributed by atoms with Crippen molar-refractivity contribution in [1.29, 1.82) is 0 Å². The van der Waals surface area contributed by atoms with Crippen LogP contribution in [0.3, 0.4) is 0 Å². The molecular weight excluding hydrogens is 283 g/mol. The molecule has 21 heavy (non-hydrogen) atoms. The molecule has 0 spiro atoms. The highest BCUT2D eigenvalue weighted by atomic mass is 19.4. The summed E-state index contributed by atoms with van der Waals surface area (Å²) in [6.07, 6.45) is -4.39. The second-order valence-electron chi connectivity index (χ2n) is 5.02. The van der Waals surface area contributed by atoms with Gasteiger partial charge >= 0.3 is 6.18 Å². The van der Waals surface area contributed by atoms with Crippen LogP contribution in [-0.2, 0) is 6.18 Å². The molecule has 3 nitrogen and oxygen atoms in total. The number of hydrogen-bond donors (Lipinski definition) is 0. The molecule has 1 heterocycles. The summed E-state index contributed by atoms with van der Waals surface area (Å²) in [5, 5.41) is 0. The van der Waals surface area contributed by atoms with E-state index in [0.29, 0.717) is 11.3 Å². The van der Waals surface area contributed by atoms with E-state index in [2.05, 4.69) is 4.98 Å². The molecule has 0 amide bonds. The molecule has 0 bridgehead atoms. The van der Waals surface area contributed by atoms with Crippen LogP contribution in [0.15, 0.2) is 28.7 Å². The summed E-state index contributed by atoms with van der Waals surface area (Å²) in [5.74, 6) is 0.0257. The van der Waals surface area contributed by atoms with Crippen molar-refractivity contribution in [3.05, 3.63) is 41.3 Å². The van der Waals surface area contributed by atoms with E-state index in [1.54, 1.807) is 0 Å². The summed E-state index contributed by atoms with van der Waals surface area (Å²) >= 11 is 0. The Morgan fingerprint density at radius 3 is 2.14 bits per heavy atom. The molecule has 2 rings (SSSR count). The van der Waals surface area contributed by atoms with Crippen molar-refractivity contribution in [1.82, 2.24) is 4.98 Å². The first-order valence-electron chi connectivity index (χ1n) is 6.39.